The lowest BCUT2D eigenvalue weighted by molar-refractivity contribution is -0.129. The standard InChI is InChI=1S/C18H31N3OS/c1-19(2)11-16-10-17(23-14-16)13-21-9-5-6-15(12-21)7-8-18(22)20(3)4/h10,14-15H,5-9,11-13H2,1-4H3/t15-/m1/s1. The molecule has 1 aliphatic rings. The van der Waals surface area contributed by atoms with Gasteiger partial charge in [0.2, 0.25) is 5.91 Å². The van der Waals surface area contributed by atoms with Gasteiger partial charge in [0.05, 0.1) is 0 Å². The normalized spacial score (nSPS) is 19.3. The summed E-state index contributed by atoms with van der Waals surface area (Å²) in [5, 5.41) is 2.28. The van der Waals surface area contributed by atoms with Crippen LogP contribution in [0, 0.1) is 5.92 Å². The van der Waals surface area contributed by atoms with E-state index >= 15 is 0 Å². The Bertz CT molecular complexity index is 498. The molecule has 1 aliphatic heterocycles. The molecule has 23 heavy (non-hydrogen) atoms. The summed E-state index contributed by atoms with van der Waals surface area (Å²) in [6.07, 6.45) is 4.26. The number of hydrogen-bond acceptors (Lipinski definition) is 4. The second kappa shape index (κ2) is 8.81. The minimum atomic E-state index is 0.258. The Labute approximate surface area is 145 Å². The van der Waals surface area contributed by atoms with Gasteiger partial charge in [-0.2, -0.15) is 0 Å². The van der Waals surface area contributed by atoms with Crippen molar-refractivity contribution in [2.45, 2.75) is 38.8 Å². The monoisotopic (exact) mass is 337 g/mol. The third-order valence-electron chi connectivity index (χ3n) is 4.45. The molecule has 130 valence electrons. The zero-order chi connectivity index (χ0) is 16.8. The van der Waals surface area contributed by atoms with Crippen molar-refractivity contribution in [2.24, 2.45) is 5.92 Å². The average molecular weight is 338 g/mol. The highest BCUT2D eigenvalue weighted by molar-refractivity contribution is 7.10. The number of carbonyl (C=O) groups is 1. The van der Waals surface area contributed by atoms with Crippen molar-refractivity contribution in [3.8, 4) is 0 Å². The maximum absolute atomic E-state index is 11.8. The molecule has 5 heteroatoms. The van der Waals surface area contributed by atoms with Crippen LogP contribution in [0.4, 0.5) is 0 Å². The van der Waals surface area contributed by atoms with Gasteiger partial charge in [-0.3, -0.25) is 9.69 Å². The second-order valence-corrected chi connectivity index (χ2v) is 8.23. The highest BCUT2D eigenvalue weighted by atomic mass is 32.1. The molecule has 1 atom stereocenters. The summed E-state index contributed by atoms with van der Waals surface area (Å²) < 4.78 is 0. The van der Waals surface area contributed by atoms with Gasteiger partial charge in [-0.05, 0) is 62.8 Å². The lowest BCUT2D eigenvalue weighted by atomic mass is 9.93. The van der Waals surface area contributed by atoms with Gasteiger partial charge in [0.15, 0.2) is 0 Å². The molecule has 0 spiro atoms. The Kier molecular flexibility index (Phi) is 7.06. The van der Waals surface area contributed by atoms with E-state index < -0.39 is 0 Å². The van der Waals surface area contributed by atoms with Crippen molar-refractivity contribution in [1.29, 1.82) is 0 Å². The van der Waals surface area contributed by atoms with Crippen molar-refractivity contribution in [2.75, 3.05) is 41.3 Å². The first kappa shape index (κ1) is 18.4. The van der Waals surface area contributed by atoms with Crippen LogP contribution in [0.25, 0.3) is 0 Å². The van der Waals surface area contributed by atoms with Crippen LogP contribution >= 0.6 is 11.3 Å². The molecule has 1 amide bonds. The van der Waals surface area contributed by atoms with Crippen molar-refractivity contribution in [3.63, 3.8) is 0 Å². The van der Waals surface area contributed by atoms with Crippen molar-refractivity contribution in [3.05, 3.63) is 21.9 Å². The van der Waals surface area contributed by atoms with Crippen LogP contribution in [0.5, 0.6) is 0 Å². The molecule has 0 aromatic carbocycles. The topological polar surface area (TPSA) is 26.8 Å². The Balaban J connectivity index is 1.79. The average Bonchev–Trinajstić information content (AvgIpc) is 2.91. The van der Waals surface area contributed by atoms with E-state index in [4.69, 9.17) is 0 Å². The Morgan fingerprint density at radius 3 is 2.83 bits per heavy atom. The molecule has 0 N–H and O–H groups in total. The molecule has 2 rings (SSSR count). The van der Waals surface area contributed by atoms with Gasteiger partial charge in [0, 0.05) is 45.0 Å². The number of likely N-dealkylation sites (tertiary alicyclic amines) is 1. The van der Waals surface area contributed by atoms with Crippen LogP contribution in [0.15, 0.2) is 11.4 Å². The van der Waals surface area contributed by atoms with Crippen molar-refractivity contribution in [1.82, 2.24) is 14.7 Å². The van der Waals surface area contributed by atoms with Gasteiger partial charge in [0.1, 0.15) is 0 Å². The first-order valence-electron chi connectivity index (χ1n) is 8.57. The van der Waals surface area contributed by atoms with E-state index in [1.54, 1.807) is 4.90 Å². The summed E-state index contributed by atoms with van der Waals surface area (Å²) in [5.74, 6) is 0.933. The molecule has 0 unspecified atom stereocenters. The van der Waals surface area contributed by atoms with Gasteiger partial charge in [0.25, 0.3) is 0 Å². The molecule has 1 aromatic rings. The number of nitrogens with zero attached hydrogens (tertiary/aromatic N) is 3. The van der Waals surface area contributed by atoms with Crippen LogP contribution in [0.1, 0.15) is 36.1 Å². The third-order valence-corrected chi connectivity index (χ3v) is 5.42. The van der Waals surface area contributed by atoms with Crippen LogP contribution in [-0.2, 0) is 17.9 Å². The summed E-state index contributed by atoms with van der Waals surface area (Å²) in [5.41, 5.74) is 1.42. The van der Waals surface area contributed by atoms with Gasteiger partial charge >= 0.3 is 0 Å². The summed E-state index contributed by atoms with van der Waals surface area (Å²) in [6, 6.07) is 2.35. The summed E-state index contributed by atoms with van der Waals surface area (Å²) >= 11 is 1.88. The quantitative estimate of drug-likeness (QED) is 0.765. The van der Waals surface area contributed by atoms with E-state index in [0.717, 1.165) is 26.1 Å². The minimum Gasteiger partial charge on any atom is -0.349 e. The van der Waals surface area contributed by atoms with Crippen LogP contribution < -0.4 is 0 Å². The lowest BCUT2D eigenvalue weighted by Crippen LogP contribution is -2.35. The summed E-state index contributed by atoms with van der Waals surface area (Å²) in [6.45, 7) is 4.42. The molecular formula is C18H31N3OS. The molecular weight excluding hydrogens is 306 g/mol. The molecule has 0 saturated carbocycles. The van der Waals surface area contributed by atoms with Crippen LogP contribution in [0.3, 0.4) is 0 Å². The number of amides is 1. The van der Waals surface area contributed by atoms with Crippen molar-refractivity contribution < 1.29 is 4.79 Å². The largest absolute Gasteiger partial charge is 0.349 e. The Morgan fingerprint density at radius 1 is 1.35 bits per heavy atom. The zero-order valence-electron chi connectivity index (χ0n) is 15.0. The van der Waals surface area contributed by atoms with Crippen molar-refractivity contribution >= 4 is 17.2 Å². The van der Waals surface area contributed by atoms with Gasteiger partial charge in [-0.15, -0.1) is 11.3 Å². The lowest BCUT2D eigenvalue weighted by Gasteiger charge is -2.32. The fourth-order valence-electron chi connectivity index (χ4n) is 3.26. The maximum Gasteiger partial charge on any atom is 0.222 e. The highest BCUT2D eigenvalue weighted by Crippen LogP contribution is 2.24. The first-order chi connectivity index (χ1) is 10.9. The highest BCUT2D eigenvalue weighted by Gasteiger charge is 2.21. The molecule has 0 radical (unpaired) electrons. The predicted octanol–water partition coefficient (Wildman–Crippen LogP) is 2.89. The number of carbonyl (C=O) groups excluding carboxylic acids is 1. The molecule has 1 fully saturated rings. The van der Waals surface area contributed by atoms with E-state index in [2.05, 4.69) is 35.3 Å². The van der Waals surface area contributed by atoms with E-state index in [1.807, 2.05) is 25.4 Å². The fraction of sp³-hybridized carbons (Fsp3) is 0.722. The van der Waals surface area contributed by atoms with Crippen LogP contribution in [-0.4, -0.2) is 61.9 Å². The summed E-state index contributed by atoms with van der Waals surface area (Å²) in [4.78, 5) is 19.7. The SMILES string of the molecule is CN(C)Cc1csc(CN2CCC[C@H](CCC(=O)N(C)C)C2)c1. The Morgan fingerprint density at radius 2 is 2.13 bits per heavy atom. The second-order valence-electron chi connectivity index (χ2n) is 7.23. The number of thiophene rings is 1. The van der Waals surface area contributed by atoms with E-state index in [0.29, 0.717) is 12.3 Å². The molecule has 0 aliphatic carbocycles. The van der Waals surface area contributed by atoms with E-state index in [9.17, 15) is 4.79 Å². The molecule has 0 bridgehead atoms. The van der Waals surface area contributed by atoms with E-state index in [-0.39, 0.29) is 5.91 Å². The first-order valence-corrected chi connectivity index (χ1v) is 9.45. The number of rotatable bonds is 7. The molecule has 4 nitrogen and oxygen atoms in total. The summed E-state index contributed by atoms with van der Waals surface area (Å²) in [7, 11) is 7.92. The molecule has 1 aromatic heterocycles. The van der Waals surface area contributed by atoms with E-state index in [1.165, 1.54) is 29.8 Å². The maximum atomic E-state index is 11.8. The van der Waals surface area contributed by atoms with Gasteiger partial charge in [-0.25, -0.2) is 0 Å². The minimum absolute atomic E-state index is 0.258. The Hall–Kier alpha value is -0.910. The van der Waals surface area contributed by atoms with Crippen LogP contribution in [0.2, 0.25) is 0 Å². The smallest absolute Gasteiger partial charge is 0.222 e. The number of piperidine rings is 1. The fourth-order valence-corrected chi connectivity index (χ4v) is 4.18. The van der Waals surface area contributed by atoms with Gasteiger partial charge in [-0.1, -0.05) is 0 Å². The number of hydrogen-bond donors (Lipinski definition) is 0. The predicted molar refractivity (Wildman–Crippen MR) is 97.6 cm³/mol. The molecule has 1 saturated heterocycles. The third kappa shape index (κ3) is 6.24. The zero-order valence-corrected chi connectivity index (χ0v) is 15.9. The molecule has 2 heterocycles. The van der Waals surface area contributed by atoms with Gasteiger partial charge < -0.3 is 9.80 Å².